The van der Waals surface area contributed by atoms with E-state index >= 15 is 0 Å². The highest BCUT2D eigenvalue weighted by molar-refractivity contribution is 5.40. The van der Waals surface area contributed by atoms with E-state index in [4.69, 9.17) is 4.74 Å². The van der Waals surface area contributed by atoms with Crippen LogP contribution in [-0.2, 0) is 6.42 Å². The fraction of sp³-hybridized carbons (Fsp3) is 0.647. The lowest BCUT2D eigenvalue weighted by Crippen LogP contribution is -2.34. The summed E-state index contributed by atoms with van der Waals surface area (Å²) in [6.45, 7) is 2.37. The summed E-state index contributed by atoms with van der Waals surface area (Å²) in [5, 5.41) is 3.87. The van der Waals surface area contributed by atoms with Gasteiger partial charge in [0, 0.05) is 12.1 Å². The molecule has 3 rings (SSSR count). The van der Waals surface area contributed by atoms with Gasteiger partial charge in [0.1, 0.15) is 5.75 Å². The lowest BCUT2D eigenvalue weighted by molar-refractivity contribution is 0.341. The van der Waals surface area contributed by atoms with Gasteiger partial charge in [0.2, 0.25) is 0 Å². The normalized spacial score (nSPS) is 24.4. The lowest BCUT2D eigenvalue weighted by Gasteiger charge is -2.25. The molecule has 1 unspecified atom stereocenters. The lowest BCUT2D eigenvalue weighted by atomic mass is 9.98. The quantitative estimate of drug-likeness (QED) is 0.886. The van der Waals surface area contributed by atoms with Gasteiger partial charge in [0.05, 0.1) is 7.11 Å². The van der Waals surface area contributed by atoms with E-state index in [1.165, 1.54) is 49.7 Å². The van der Waals surface area contributed by atoms with Crippen molar-refractivity contribution < 1.29 is 4.74 Å². The summed E-state index contributed by atoms with van der Waals surface area (Å²) < 4.78 is 5.36. The number of fused-ring (bicyclic) bond motifs is 1. The molecular formula is C17H25NO. The minimum Gasteiger partial charge on any atom is -0.497 e. The second-order valence-electron chi connectivity index (χ2n) is 6.16. The number of aryl methyl sites for hydroxylation is 1. The van der Waals surface area contributed by atoms with E-state index in [-0.39, 0.29) is 0 Å². The molecule has 1 saturated carbocycles. The van der Waals surface area contributed by atoms with E-state index in [9.17, 15) is 0 Å². The van der Waals surface area contributed by atoms with Crippen LogP contribution in [-0.4, -0.2) is 13.2 Å². The van der Waals surface area contributed by atoms with Crippen molar-refractivity contribution in [1.82, 2.24) is 5.32 Å². The van der Waals surface area contributed by atoms with Crippen molar-refractivity contribution in [2.24, 2.45) is 5.92 Å². The fourth-order valence-electron chi connectivity index (χ4n) is 3.79. The Kier molecular flexibility index (Phi) is 3.79. The molecular weight excluding hydrogens is 234 g/mol. The van der Waals surface area contributed by atoms with E-state index in [0.29, 0.717) is 12.1 Å². The highest BCUT2D eigenvalue weighted by Gasteiger charge is 2.28. The van der Waals surface area contributed by atoms with Crippen LogP contribution >= 0.6 is 0 Å². The van der Waals surface area contributed by atoms with Crippen molar-refractivity contribution in [1.29, 1.82) is 0 Å². The van der Waals surface area contributed by atoms with E-state index in [2.05, 4.69) is 30.4 Å². The summed E-state index contributed by atoms with van der Waals surface area (Å²) >= 11 is 0. The van der Waals surface area contributed by atoms with Crippen LogP contribution in [0.1, 0.15) is 56.2 Å². The topological polar surface area (TPSA) is 21.3 Å². The van der Waals surface area contributed by atoms with Crippen LogP contribution in [0.5, 0.6) is 5.75 Å². The molecule has 2 atom stereocenters. The van der Waals surface area contributed by atoms with Gasteiger partial charge in [0.15, 0.2) is 0 Å². The Bertz CT molecular complexity index is 437. The van der Waals surface area contributed by atoms with Crippen LogP contribution in [0.25, 0.3) is 0 Å². The Labute approximate surface area is 116 Å². The van der Waals surface area contributed by atoms with Gasteiger partial charge >= 0.3 is 0 Å². The van der Waals surface area contributed by atoms with E-state index in [1.54, 1.807) is 7.11 Å². The van der Waals surface area contributed by atoms with Crippen molar-refractivity contribution in [3.63, 3.8) is 0 Å². The summed E-state index contributed by atoms with van der Waals surface area (Å²) in [6.07, 6.45) is 8.10. The first-order chi connectivity index (χ1) is 9.28. The van der Waals surface area contributed by atoms with Gasteiger partial charge in [-0.25, -0.2) is 0 Å². The third-order valence-corrected chi connectivity index (χ3v) is 5.00. The van der Waals surface area contributed by atoms with E-state index in [0.717, 1.165) is 11.7 Å². The average Bonchev–Trinajstić information content (AvgIpc) is 3.08. The maximum absolute atomic E-state index is 5.36. The van der Waals surface area contributed by atoms with Crippen LogP contribution in [0.2, 0.25) is 0 Å². The molecule has 2 heteroatoms. The Morgan fingerprint density at radius 2 is 2.00 bits per heavy atom. The second-order valence-corrected chi connectivity index (χ2v) is 6.16. The zero-order valence-electron chi connectivity index (χ0n) is 12.1. The molecule has 19 heavy (non-hydrogen) atoms. The van der Waals surface area contributed by atoms with E-state index in [1.807, 2.05) is 0 Å². The molecule has 0 spiro atoms. The zero-order chi connectivity index (χ0) is 13.2. The maximum atomic E-state index is 5.36. The van der Waals surface area contributed by atoms with Crippen molar-refractivity contribution in [3.8, 4) is 5.75 Å². The molecule has 1 N–H and O–H groups in total. The van der Waals surface area contributed by atoms with Crippen LogP contribution in [0.15, 0.2) is 18.2 Å². The average molecular weight is 259 g/mol. The number of rotatable bonds is 4. The number of benzene rings is 1. The molecule has 0 saturated heterocycles. The van der Waals surface area contributed by atoms with Gasteiger partial charge in [-0.15, -0.1) is 0 Å². The Hall–Kier alpha value is -1.02. The Balaban J connectivity index is 1.70. The number of hydrogen-bond donors (Lipinski definition) is 1. The highest BCUT2D eigenvalue weighted by atomic mass is 16.5. The third-order valence-electron chi connectivity index (χ3n) is 5.00. The highest BCUT2D eigenvalue weighted by Crippen LogP contribution is 2.36. The van der Waals surface area contributed by atoms with E-state index < -0.39 is 0 Å². The fourth-order valence-corrected chi connectivity index (χ4v) is 3.79. The molecule has 2 nitrogen and oxygen atoms in total. The van der Waals surface area contributed by atoms with Crippen molar-refractivity contribution in [2.75, 3.05) is 7.11 Å². The van der Waals surface area contributed by atoms with Crippen molar-refractivity contribution in [2.45, 2.75) is 57.5 Å². The third kappa shape index (κ3) is 2.64. The van der Waals surface area contributed by atoms with Gasteiger partial charge in [0.25, 0.3) is 0 Å². The maximum Gasteiger partial charge on any atom is 0.119 e. The van der Waals surface area contributed by atoms with Gasteiger partial charge < -0.3 is 10.1 Å². The first-order valence-electron chi connectivity index (χ1n) is 7.71. The summed E-state index contributed by atoms with van der Waals surface area (Å²) in [5.74, 6) is 1.87. The van der Waals surface area contributed by atoms with Crippen molar-refractivity contribution >= 4 is 0 Å². The molecule has 0 amide bonds. The molecule has 2 aliphatic carbocycles. The van der Waals surface area contributed by atoms with Gasteiger partial charge in [-0.2, -0.15) is 0 Å². The molecule has 1 fully saturated rings. The first-order valence-corrected chi connectivity index (χ1v) is 7.71. The second kappa shape index (κ2) is 5.54. The van der Waals surface area contributed by atoms with Crippen LogP contribution < -0.4 is 10.1 Å². The minimum absolute atomic E-state index is 0.528. The predicted octanol–water partition coefficient (Wildman–Crippen LogP) is 3.85. The summed E-state index contributed by atoms with van der Waals surface area (Å²) in [6, 6.07) is 7.71. The van der Waals surface area contributed by atoms with Gasteiger partial charge in [-0.05, 0) is 61.8 Å². The standard InChI is InChI=1S/C17H25NO/c1-12(13-5-3-4-6-13)18-17-10-8-14-7-9-15(19-2)11-16(14)17/h7,9,11-13,17-18H,3-6,8,10H2,1-2H3/t12-,17?/m1/s1. The molecule has 0 radical (unpaired) electrons. The predicted molar refractivity (Wildman–Crippen MR) is 78.6 cm³/mol. The number of methoxy groups -OCH3 is 1. The summed E-state index contributed by atoms with van der Waals surface area (Å²) in [5.41, 5.74) is 2.96. The summed E-state index contributed by atoms with van der Waals surface area (Å²) in [4.78, 5) is 0. The molecule has 104 valence electrons. The van der Waals surface area contributed by atoms with Gasteiger partial charge in [-0.3, -0.25) is 0 Å². The molecule has 1 aromatic carbocycles. The molecule has 0 heterocycles. The Morgan fingerprint density at radius 1 is 1.21 bits per heavy atom. The van der Waals surface area contributed by atoms with Gasteiger partial charge in [-0.1, -0.05) is 18.9 Å². The number of ether oxygens (including phenoxy) is 1. The number of nitrogens with one attached hydrogen (secondary N) is 1. The largest absolute Gasteiger partial charge is 0.497 e. The van der Waals surface area contributed by atoms with Crippen LogP contribution in [0.3, 0.4) is 0 Å². The van der Waals surface area contributed by atoms with Crippen molar-refractivity contribution in [3.05, 3.63) is 29.3 Å². The molecule has 1 aromatic rings. The monoisotopic (exact) mass is 259 g/mol. The molecule has 0 aromatic heterocycles. The first kappa shape index (κ1) is 13.0. The number of hydrogen-bond acceptors (Lipinski definition) is 2. The molecule has 2 aliphatic rings. The SMILES string of the molecule is COc1ccc2c(c1)C(N[C@H](C)C1CCCC1)CC2. The van der Waals surface area contributed by atoms with Crippen LogP contribution in [0.4, 0.5) is 0 Å². The minimum atomic E-state index is 0.528. The van der Waals surface area contributed by atoms with Crippen LogP contribution in [0, 0.1) is 5.92 Å². The zero-order valence-corrected chi connectivity index (χ0v) is 12.1. The molecule has 0 aliphatic heterocycles. The Morgan fingerprint density at radius 3 is 2.74 bits per heavy atom. The smallest absolute Gasteiger partial charge is 0.119 e. The summed E-state index contributed by atoms with van der Waals surface area (Å²) in [7, 11) is 1.75. The molecule has 0 bridgehead atoms.